The van der Waals surface area contributed by atoms with Gasteiger partial charge in [0.2, 0.25) is 15.9 Å². The molecule has 1 amide bonds. The zero-order valence-corrected chi connectivity index (χ0v) is 14.4. The van der Waals surface area contributed by atoms with E-state index in [9.17, 15) is 13.2 Å². The fourth-order valence-electron chi connectivity index (χ4n) is 2.10. The van der Waals surface area contributed by atoms with Crippen molar-refractivity contribution < 1.29 is 22.7 Å². The number of aromatic nitrogens is 1. The van der Waals surface area contributed by atoms with Crippen molar-refractivity contribution in [3.8, 4) is 11.5 Å². The maximum absolute atomic E-state index is 12.6. The summed E-state index contributed by atoms with van der Waals surface area (Å²) in [6, 6.07) is 4.38. The zero-order valence-electron chi connectivity index (χ0n) is 12.8. The molecule has 128 valence electrons. The maximum Gasteiger partial charge on any atom is 0.243 e. The summed E-state index contributed by atoms with van der Waals surface area (Å²) in [5, 5.41) is 4.68. The highest BCUT2D eigenvalue weighted by Gasteiger charge is 2.25. The molecule has 1 aliphatic heterocycles. The summed E-state index contributed by atoms with van der Waals surface area (Å²) in [4.78, 5) is 15.9. The molecule has 0 unspecified atom stereocenters. The van der Waals surface area contributed by atoms with E-state index in [2.05, 4.69) is 10.3 Å². The highest BCUT2D eigenvalue weighted by molar-refractivity contribution is 7.89. The number of sulfonamides is 1. The number of ether oxygens (including phenoxy) is 2. The number of carbonyl (C=O) groups is 1. The summed E-state index contributed by atoms with van der Waals surface area (Å²) in [6.45, 7) is 0.467. The Hall–Kier alpha value is -2.17. The van der Waals surface area contributed by atoms with Crippen LogP contribution in [0.2, 0.25) is 0 Å². The number of rotatable bonds is 5. The van der Waals surface area contributed by atoms with Gasteiger partial charge in [0.15, 0.2) is 16.6 Å². The number of amides is 1. The second-order valence-corrected chi connectivity index (χ2v) is 7.89. The van der Waals surface area contributed by atoms with Gasteiger partial charge in [0.05, 0.1) is 11.4 Å². The van der Waals surface area contributed by atoms with E-state index in [1.165, 1.54) is 30.5 Å². The molecule has 0 saturated heterocycles. The molecule has 2 heterocycles. The first-order valence-electron chi connectivity index (χ1n) is 7.02. The molecule has 0 aliphatic carbocycles. The Kier molecular flexibility index (Phi) is 4.69. The average molecular weight is 369 g/mol. The van der Waals surface area contributed by atoms with Crippen molar-refractivity contribution in [2.45, 2.75) is 4.90 Å². The minimum absolute atomic E-state index is 0.0382. The van der Waals surface area contributed by atoms with Crippen LogP contribution in [0.3, 0.4) is 0 Å². The standard InChI is InChI=1S/C14H15N3O5S2/c1-17(9-13(18)16-14-15-4-7-23-14)24(19,20)10-2-3-11-12(8-10)22-6-5-21-11/h2-4,7-8H,5-6,9H2,1H3,(H,15,16,18). The van der Waals surface area contributed by atoms with Gasteiger partial charge < -0.3 is 14.8 Å². The number of hydrogen-bond donors (Lipinski definition) is 1. The lowest BCUT2D eigenvalue weighted by Crippen LogP contribution is -2.35. The summed E-state index contributed by atoms with van der Waals surface area (Å²) >= 11 is 1.26. The minimum Gasteiger partial charge on any atom is -0.486 e. The molecule has 0 saturated carbocycles. The van der Waals surface area contributed by atoms with Crippen LogP contribution in [0.4, 0.5) is 5.13 Å². The van der Waals surface area contributed by atoms with Gasteiger partial charge in [-0.05, 0) is 12.1 Å². The summed E-state index contributed by atoms with van der Waals surface area (Å²) in [7, 11) is -2.49. The number of carbonyl (C=O) groups excluding carboxylic acids is 1. The third kappa shape index (κ3) is 3.50. The summed E-state index contributed by atoms with van der Waals surface area (Å²) in [5.74, 6) is 0.417. The molecule has 2 aromatic rings. The van der Waals surface area contributed by atoms with E-state index < -0.39 is 15.9 Å². The molecular formula is C14H15N3O5S2. The first kappa shape index (κ1) is 16.7. The van der Waals surface area contributed by atoms with E-state index in [-0.39, 0.29) is 11.4 Å². The molecule has 1 aromatic carbocycles. The van der Waals surface area contributed by atoms with Crippen molar-refractivity contribution >= 4 is 32.4 Å². The minimum atomic E-state index is -3.83. The lowest BCUT2D eigenvalue weighted by atomic mass is 10.3. The molecule has 1 aliphatic rings. The third-order valence-corrected chi connectivity index (χ3v) is 5.75. The lowest BCUT2D eigenvalue weighted by Gasteiger charge is -2.21. The number of nitrogens with one attached hydrogen (secondary N) is 1. The second-order valence-electron chi connectivity index (χ2n) is 4.95. The van der Waals surface area contributed by atoms with Gasteiger partial charge >= 0.3 is 0 Å². The molecule has 3 rings (SSSR count). The highest BCUT2D eigenvalue weighted by Crippen LogP contribution is 2.32. The van der Waals surface area contributed by atoms with Crippen molar-refractivity contribution in [3.63, 3.8) is 0 Å². The quantitative estimate of drug-likeness (QED) is 0.850. The normalized spacial score (nSPS) is 13.8. The number of likely N-dealkylation sites (N-methyl/N-ethyl adjacent to an activating group) is 1. The first-order valence-corrected chi connectivity index (χ1v) is 9.34. The molecule has 0 spiro atoms. The number of nitrogens with zero attached hydrogens (tertiary/aromatic N) is 2. The van der Waals surface area contributed by atoms with Crippen LogP contribution in [0.25, 0.3) is 0 Å². The van der Waals surface area contributed by atoms with Gasteiger partial charge in [0.25, 0.3) is 0 Å². The van der Waals surface area contributed by atoms with Crippen LogP contribution in [-0.4, -0.2) is 50.4 Å². The van der Waals surface area contributed by atoms with E-state index >= 15 is 0 Å². The van der Waals surface area contributed by atoms with Gasteiger partial charge in [-0.15, -0.1) is 11.3 Å². The number of benzene rings is 1. The van der Waals surface area contributed by atoms with Crippen molar-refractivity contribution in [2.75, 3.05) is 32.1 Å². The molecule has 10 heteroatoms. The largest absolute Gasteiger partial charge is 0.486 e. The number of hydrogen-bond acceptors (Lipinski definition) is 7. The Morgan fingerprint density at radius 2 is 2.08 bits per heavy atom. The van der Waals surface area contributed by atoms with E-state index in [1.54, 1.807) is 17.6 Å². The Morgan fingerprint density at radius 1 is 1.33 bits per heavy atom. The van der Waals surface area contributed by atoms with E-state index in [4.69, 9.17) is 9.47 Å². The van der Waals surface area contributed by atoms with Crippen molar-refractivity contribution in [2.24, 2.45) is 0 Å². The molecule has 8 nitrogen and oxygen atoms in total. The first-order chi connectivity index (χ1) is 11.5. The number of thiazole rings is 1. The Morgan fingerprint density at radius 3 is 2.79 bits per heavy atom. The number of anilines is 1. The van der Waals surface area contributed by atoms with Gasteiger partial charge in [0.1, 0.15) is 13.2 Å². The van der Waals surface area contributed by atoms with Crippen molar-refractivity contribution in [1.29, 1.82) is 0 Å². The van der Waals surface area contributed by atoms with Crippen LogP contribution in [-0.2, 0) is 14.8 Å². The van der Waals surface area contributed by atoms with Gasteiger partial charge in [-0.3, -0.25) is 4.79 Å². The fraction of sp³-hybridized carbons (Fsp3) is 0.286. The topological polar surface area (TPSA) is 97.8 Å². The summed E-state index contributed by atoms with van der Waals surface area (Å²) < 4.78 is 36.9. The predicted octanol–water partition coefficient (Wildman–Crippen LogP) is 1.17. The maximum atomic E-state index is 12.6. The number of fused-ring (bicyclic) bond motifs is 1. The molecular weight excluding hydrogens is 354 g/mol. The monoisotopic (exact) mass is 369 g/mol. The van der Waals surface area contributed by atoms with Gasteiger partial charge in [-0.25, -0.2) is 13.4 Å². The molecule has 1 aromatic heterocycles. The Bertz CT molecular complexity index is 836. The zero-order chi connectivity index (χ0) is 17.2. The van der Waals surface area contributed by atoms with E-state index in [0.29, 0.717) is 29.8 Å². The predicted molar refractivity (Wildman–Crippen MR) is 88.0 cm³/mol. The van der Waals surface area contributed by atoms with E-state index in [1.807, 2.05) is 0 Å². The molecule has 0 atom stereocenters. The third-order valence-electron chi connectivity index (χ3n) is 3.27. The van der Waals surface area contributed by atoms with Crippen LogP contribution in [0.15, 0.2) is 34.7 Å². The Labute approximate surface area is 143 Å². The molecule has 0 fully saturated rings. The van der Waals surface area contributed by atoms with Crippen LogP contribution in [0, 0.1) is 0 Å². The van der Waals surface area contributed by atoms with Crippen LogP contribution >= 0.6 is 11.3 Å². The van der Waals surface area contributed by atoms with Gasteiger partial charge in [-0.1, -0.05) is 0 Å². The summed E-state index contributed by atoms with van der Waals surface area (Å²) in [5.41, 5.74) is 0. The molecule has 24 heavy (non-hydrogen) atoms. The Balaban J connectivity index is 1.73. The van der Waals surface area contributed by atoms with Crippen LogP contribution < -0.4 is 14.8 Å². The van der Waals surface area contributed by atoms with Gasteiger partial charge in [-0.2, -0.15) is 4.31 Å². The van der Waals surface area contributed by atoms with Gasteiger partial charge in [0, 0.05) is 24.7 Å². The molecule has 0 bridgehead atoms. The smallest absolute Gasteiger partial charge is 0.243 e. The fourth-order valence-corrected chi connectivity index (χ4v) is 3.78. The highest BCUT2D eigenvalue weighted by atomic mass is 32.2. The average Bonchev–Trinajstić information content (AvgIpc) is 3.07. The van der Waals surface area contributed by atoms with Crippen molar-refractivity contribution in [1.82, 2.24) is 9.29 Å². The summed E-state index contributed by atoms with van der Waals surface area (Å²) in [6.07, 6.45) is 1.55. The molecule has 0 radical (unpaired) electrons. The van der Waals surface area contributed by atoms with E-state index in [0.717, 1.165) is 4.31 Å². The molecule has 1 N–H and O–H groups in total. The van der Waals surface area contributed by atoms with Crippen LogP contribution in [0.1, 0.15) is 0 Å². The van der Waals surface area contributed by atoms with Crippen molar-refractivity contribution in [3.05, 3.63) is 29.8 Å². The van der Waals surface area contributed by atoms with Crippen LogP contribution in [0.5, 0.6) is 11.5 Å². The second kappa shape index (κ2) is 6.75. The lowest BCUT2D eigenvalue weighted by molar-refractivity contribution is -0.116. The SMILES string of the molecule is CN(CC(=O)Nc1nccs1)S(=O)(=O)c1ccc2c(c1)OCCO2.